The van der Waals surface area contributed by atoms with Gasteiger partial charge in [-0.25, -0.2) is 14.8 Å². The second kappa shape index (κ2) is 10.8. The quantitative estimate of drug-likeness (QED) is 0.118. The molecule has 4 rings (SSSR count). The number of rotatable bonds is 10. The maximum atomic E-state index is 13.1. The molecule has 2 aliphatic rings. The van der Waals surface area contributed by atoms with Crippen LogP contribution in [0.5, 0.6) is 0 Å². The lowest BCUT2D eigenvalue weighted by atomic mass is 10.0. The van der Waals surface area contributed by atoms with Crippen molar-refractivity contribution in [1.82, 2.24) is 24.8 Å². The SMILES string of the molecule is CC(=O)OCC1=C(C(=O)O)N2C(=O)[C@@H](NC(=O)C(=NOCCn3ccnc3)c3csc(N)n3)[C@@H]2SC1. The van der Waals surface area contributed by atoms with Gasteiger partial charge in [-0.15, -0.1) is 23.1 Å². The third-order valence-corrected chi connectivity index (χ3v) is 7.14. The van der Waals surface area contributed by atoms with Crippen molar-refractivity contribution in [2.24, 2.45) is 5.16 Å². The van der Waals surface area contributed by atoms with Crippen LogP contribution < -0.4 is 11.1 Å². The molecule has 0 bridgehead atoms. The zero-order valence-corrected chi connectivity index (χ0v) is 20.5. The van der Waals surface area contributed by atoms with Gasteiger partial charge in [0.25, 0.3) is 11.8 Å². The van der Waals surface area contributed by atoms with E-state index in [1.165, 1.54) is 24.1 Å². The molecule has 0 aliphatic carbocycles. The molecule has 0 unspecified atom stereocenters. The number of carbonyl (C=O) groups is 4. The highest BCUT2D eigenvalue weighted by Gasteiger charge is 2.54. The van der Waals surface area contributed by atoms with Gasteiger partial charge >= 0.3 is 11.9 Å². The second-order valence-electron chi connectivity index (χ2n) is 7.54. The average molecular weight is 536 g/mol. The number of carboxylic acids is 1. The van der Waals surface area contributed by atoms with Gasteiger partial charge in [-0.1, -0.05) is 5.16 Å². The lowest BCUT2D eigenvalue weighted by molar-refractivity contribution is -0.150. The third kappa shape index (κ3) is 5.33. The first-order valence-corrected chi connectivity index (χ1v) is 12.4. The summed E-state index contributed by atoms with van der Waals surface area (Å²) in [6.45, 7) is 1.54. The first kappa shape index (κ1) is 25.2. The minimum Gasteiger partial charge on any atom is -0.477 e. The van der Waals surface area contributed by atoms with E-state index in [2.05, 4.69) is 20.4 Å². The van der Waals surface area contributed by atoms with E-state index < -0.39 is 35.2 Å². The molecule has 36 heavy (non-hydrogen) atoms. The number of nitrogens with two attached hydrogens (primary N) is 1. The van der Waals surface area contributed by atoms with Crippen molar-refractivity contribution < 1.29 is 33.9 Å². The number of carboxylic acid groups (broad SMARTS) is 1. The number of nitrogens with one attached hydrogen (secondary N) is 1. The molecule has 14 nitrogen and oxygen atoms in total. The molecule has 2 aliphatic heterocycles. The zero-order chi connectivity index (χ0) is 25.8. The molecule has 190 valence electrons. The number of thioether (sulfide) groups is 1. The summed E-state index contributed by atoms with van der Waals surface area (Å²) < 4.78 is 6.68. The van der Waals surface area contributed by atoms with E-state index in [1.54, 1.807) is 23.3 Å². The van der Waals surface area contributed by atoms with Gasteiger partial charge in [-0.05, 0) is 0 Å². The van der Waals surface area contributed by atoms with Gasteiger partial charge in [-0.2, -0.15) is 0 Å². The summed E-state index contributed by atoms with van der Waals surface area (Å²) in [4.78, 5) is 63.3. The first-order valence-electron chi connectivity index (χ1n) is 10.5. The van der Waals surface area contributed by atoms with Crippen molar-refractivity contribution in [3.05, 3.63) is 41.1 Å². The second-order valence-corrected chi connectivity index (χ2v) is 9.54. The number of thiazole rings is 1. The molecular formula is C20H21N7O7S2. The van der Waals surface area contributed by atoms with Gasteiger partial charge in [0.15, 0.2) is 10.8 Å². The smallest absolute Gasteiger partial charge is 0.352 e. The highest BCUT2D eigenvalue weighted by molar-refractivity contribution is 8.00. The topological polar surface area (TPSA) is 191 Å². The van der Waals surface area contributed by atoms with E-state index in [-0.39, 0.29) is 41.2 Å². The predicted molar refractivity (Wildman–Crippen MR) is 128 cm³/mol. The maximum absolute atomic E-state index is 13.1. The fourth-order valence-electron chi connectivity index (χ4n) is 3.47. The van der Waals surface area contributed by atoms with Crippen LogP contribution >= 0.6 is 23.1 Å². The van der Waals surface area contributed by atoms with E-state index in [0.717, 1.165) is 16.2 Å². The summed E-state index contributed by atoms with van der Waals surface area (Å²) in [7, 11) is 0. The molecule has 0 saturated carbocycles. The van der Waals surface area contributed by atoms with Crippen LogP contribution in [-0.4, -0.2) is 84.4 Å². The Morgan fingerprint density at radius 2 is 2.19 bits per heavy atom. The summed E-state index contributed by atoms with van der Waals surface area (Å²) >= 11 is 2.35. The molecule has 2 amide bonds. The summed E-state index contributed by atoms with van der Waals surface area (Å²) in [5.74, 6) is -3.03. The minimum absolute atomic E-state index is 0.138. The van der Waals surface area contributed by atoms with Crippen LogP contribution in [0, 0.1) is 0 Å². The number of aliphatic carboxylic acids is 1. The number of nitrogens with zero attached hydrogens (tertiary/aromatic N) is 5. The first-order chi connectivity index (χ1) is 17.3. The van der Waals surface area contributed by atoms with Crippen molar-refractivity contribution >= 4 is 57.7 Å². The van der Waals surface area contributed by atoms with Crippen molar-refractivity contribution in [3.8, 4) is 0 Å². The van der Waals surface area contributed by atoms with Crippen LogP contribution in [0.1, 0.15) is 12.6 Å². The Morgan fingerprint density at radius 1 is 1.39 bits per heavy atom. The molecule has 2 aromatic heterocycles. The van der Waals surface area contributed by atoms with E-state index in [1.807, 2.05) is 0 Å². The fraction of sp³-hybridized carbons (Fsp3) is 0.350. The third-order valence-electron chi connectivity index (χ3n) is 5.12. The molecule has 0 aromatic carbocycles. The largest absolute Gasteiger partial charge is 0.477 e. The van der Waals surface area contributed by atoms with Gasteiger partial charge in [0.05, 0.1) is 12.9 Å². The molecular weight excluding hydrogens is 514 g/mol. The number of fused-ring (bicyclic) bond motifs is 1. The Balaban J connectivity index is 1.46. The lowest BCUT2D eigenvalue weighted by Crippen LogP contribution is -2.71. The number of hydrogen-bond donors (Lipinski definition) is 3. The summed E-state index contributed by atoms with van der Waals surface area (Å²) in [6, 6.07) is -1.00. The molecule has 0 spiro atoms. The number of ether oxygens (including phenoxy) is 1. The fourth-order valence-corrected chi connectivity index (χ4v) is 5.34. The van der Waals surface area contributed by atoms with Crippen LogP contribution in [0.3, 0.4) is 0 Å². The number of anilines is 1. The Kier molecular flexibility index (Phi) is 7.54. The predicted octanol–water partition coefficient (Wildman–Crippen LogP) is -0.356. The highest BCUT2D eigenvalue weighted by atomic mass is 32.2. The van der Waals surface area contributed by atoms with Crippen molar-refractivity contribution in [2.45, 2.75) is 24.9 Å². The number of oxime groups is 1. The number of nitrogen functional groups attached to an aromatic ring is 1. The Hall–Kier alpha value is -3.92. The Bertz CT molecular complexity index is 1240. The number of imidazole rings is 1. The highest BCUT2D eigenvalue weighted by Crippen LogP contribution is 2.40. The summed E-state index contributed by atoms with van der Waals surface area (Å²) in [6.07, 6.45) is 4.97. The van der Waals surface area contributed by atoms with E-state index in [9.17, 15) is 24.3 Å². The Labute approximate surface area is 212 Å². The zero-order valence-electron chi connectivity index (χ0n) is 18.8. The minimum atomic E-state index is -1.33. The van der Waals surface area contributed by atoms with Gasteiger partial charge in [0.1, 0.15) is 36.0 Å². The number of amides is 2. The van der Waals surface area contributed by atoms with Gasteiger partial charge < -0.3 is 30.3 Å². The summed E-state index contributed by atoms with van der Waals surface area (Å²) in [5.41, 5.74) is 5.74. The van der Waals surface area contributed by atoms with E-state index in [0.29, 0.717) is 12.1 Å². The summed E-state index contributed by atoms with van der Waals surface area (Å²) in [5, 5.41) is 17.3. The molecule has 2 atom stereocenters. The number of hydrogen-bond acceptors (Lipinski definition) is 12. The number of aromatic nitrogens is 3. The van der Waals surface area contributed by atoms with Crippen molar-refractivity contribution in [3.63, 3.8) is 0 Å². The van der Waals surface area contributed by atoms with Gasteiger partial charge in [0, 0.05) is 36.0 Å². The average Bonchev–Trinajstić information content (AvgIpc) is 3.52. The van der Waals surface area contributed by atoms with Gasteiger partial charge in [0.2, 0.25) is 0 Å². The van der Waals surface area contributed by atoms with Gasteiger partial charge in [-0.3, -0.25) is 19.3 Å². The normalized spacial score (nSPS) is 19.4. The molecule has 1 saturated heterocycles. The number of carbonyl (C=O) groups excluding carboxylic acids is 3. The monoisotopic (exact) mass is 535 g/mol. The lowest BCUT2D eigenvalue weighted by Gasteiger charge is -2.49. The van der Waals surface area contributed by atoms with Crippen molar-refractivity contribution in [1.29, 1.82) is 0 Å². The molecule has 4 heterocycles. The van der Waals surface area contributed by atoms with Crippen LogP contribution in [0.4, 0.5) is 5.13 Å². The maximum Gasteiger partial charge on any atom is 0.352 e. The van der Waals surface area contributed by atoms with Crippen LogP contribution in [0.2, 0.25) is 0 Å². The molecule has 2 aromatic rings. The molecule has 16 heteroatoms. The molecule has 1 fully saturated rings. The Morgan fingerprint density at radius 3 is 2.83 bits per heavy atom. The van der Waals surface area contributed by atoms with E-state index in [4.69, 9.17) is 15.3 Å². The van der Waals surface area contributed by atoms with E-state index >= 15 is 0 Å². The number of β-lactam (4-membered cyclic amide) rings is 1. The van der Waals surface area contributed by atoms with Crippen LogP contribution in [0.25, 0.3) is 0 Å². The van der Waals surface area contributed by atoms with Crippen LogP contribution in [-0.2, 0) is 35.3 Å². The molecule has 4 N–H and O–H groups in total. The number of esters is 1. The molecule has 0 radical (unpaired) electrons. The van der Waals surface area contributed by atoms with Crippen molar-refractivity contribution in [2.75, 3.05) is 24.7 Å². The van der Waals surface area contributed by atoms with Crippen LogP contribution in [0.15, 0.2) is 40.5 Å². The standard InChI is InChI=1S/C20H21N7O7S2/c1-10(28)33-6-11-7-35-18-14(17(30)27(18)15(11)19(31)32)24-16(29)13(12-8-36-20(21)23-12)25-34-5-4-26-3-2-22-9-26/h2-3,8-9,14,18H,4-7H2,1H3,(H2,21,23)(H,24,29)(H,31,32)/t14-,18+/m1/s1.